The molecule has 1 aromatic carbocycles. The lowest BCUT2D eigenvalue weighted by Crippen LogP contribution is -2.34. The molecule has 1 aliphatic carbocycles. The summed E-state index contributed by atoms with van der Waals surface area (Å²) in [6.45, 7) is 2.29. The van der Waals surface area contributed by atoms with Crippen LogP contribution in [0.4, 0.5) is 0 Å². The average Bonchev–Trinajstić information content (AvgIpc) is 2.54. The van der Waals surface area contributed by atoms with Crippen LogP contribution in [0.1, 0.15) is 32.1 Å². The van der Waals surface area contributed by atoms with Crippen molar-refractivity contribution in [3.63, 3.8) is 0 Å². The Morgan fingerprint density at radius 3 is 2.67 bits per heavy atom. The highest BCUT2D eigenvalue weighted by molar-refractivity contribution is 5.20. The summed E-state index contributed by atoms with van der Waals surface area (Å²) in [6, 6.07) is 9.75. The largest absolute Gasteiger partial charge is 0.492 e. The van der Waals surface area contributed by atoms with Crippen molar-refractivity contribution in [3.8, 4) is 5.75 Å². The third kappa shape index (κ3) is 6.93. The van der Waals surface area contributed by atoms with E-state index in [1.807, 2.05) is 30.3 Å². The smallest absolute Gasteiger partial charge is 0.119 e. The highest BCUT2D eigenvalue weighted by atomic mass is 16.5. The second kappa shape index (κ2) is 9.77. The number of para-hydroxylation sites is 1. The molecule has 1 atom stereocenters. The maximum absolute atomic E-state index is 9.87. The van der Waals surface area contributed by atoms with Crippen LogP contribution in [0.2, 0.25) is 0 Å². The van der Waals surface area contributed by atoms with Gasteiger partial charge < -0.3 is 19.9 Å². The first-order valence-electron chi connectivity index (χ1n) is 8.03. The standard InChI is InChI=1S/C17H27NO3/c19-15(14-21-17-9-5-2-6-10-17)13-18-11-12-20-16-7-3-1-4-8-16/h1,3-4,7-8,15,17-19H,2,5-6,9-14H2. The van der Waals surface area contributed by atoms with Crippen LogP contribution in [-0.4, -0.2) is 43.6 Å². The molecule has 118 valence electrons. The minimum absolute atomic E-state index is 0.356. The third-order valence-electron chi connectivity index (χ3n) is 3.75. The summed E-state index contributed by atoms with van der Waals surface area (Å²) in [4.78, 5) is 0. The van der Waals surface area contributed by atoms with E-state index >= 15 is 0 Å². The van der Waals surface area contributed by atoms with Gasteiger partial charge in [-0.1, -0.05) is 37.5 Å². The van der Waals surface area contributed by atoms with Gasteiger partial charge >= 0.3 is 0 Å². The molecule has 0 bridgehead atoms. The second-order valence-corrected chi connectivity index (χ2v) is 5.61. The topological polar surface area (TPSA) is 50.7 Å². The molecule has 1 aliphatic rings. The van der Waals surface area contributed by atoms with E-state index < -0.39 is 6.10 Å². The Hall–Kier alpha value is -1.10. The summed E-state index contributed by atoms with van der Waals surface area (Å²) >= 11 is 0. The Morgan fingerprint density at radius 1 is 1.14 bits per heavy atom. The first-order chi connectivity index (χ1) is 10.3. The molecule has 0 amide bonds. The average molecular weight is 293 g/mol. The predicted octanol–water partition coefficient (Wildman–Crippen LogP) is 2.37. The summed E-state index contributed by atoms with van der Waals surface area (Å²) in [6.07, 6.45) is 6.05. The van der Waals surface area contributed by atoms with Gasteiger partial charge in [0.15, 0.2) is 0 Å². The summed E-state index contributed by atoms with van der Waals surface area (Å²) in [5.74, 6) is 0.875. The molecular weight excluding hydrogens is 266 g/mol. The molecule has 0 radical (unpaired) electrons. The molecule has 0 aliphatic heterocycles. The van der Waals surface area contributed by atoms with Crippen LogP contribution in [0.3, 0.4) is 0 Å². The fraction of sp³-hybridized carbons (Fsp3) is 0.647. The van der Waals surface area contributed by atoms with E-state index in [9.17, 15) is 5.11 Å². The van der Waals surface area contributed by atoms with Gasteiger partial charge in [0.2, 0.25) is 0 Å². The van der Waals surface area contributed by atoms with E-state index in [1.54, 1.807) is 0 Å². The fourth-order valence-electron chi connectivity index (χ4n) is 2.56. The summed E-state index contributed by atoms with van der Waals surface area (Å²) in [5, 5.41) is 13.1. The molecule has 2 rings (SSSR count). The van der Waals surface area contributed by atoms with E-state index in [0.29, 0.717) is 25.9 Å². The summed E-state index contributed by atoms with van der Waals surface area (Å²) in [5.41, 5.74) is 0. The lowest BCUT2D eigenvalue weighted by atomic mass is 9.98. The van der Waals surface area contributed by atoms with Crippen LogP contribution in [0.25, 0.3) is 0 Å². The van der Waals surface area contributed by atoms with Crippen LogP contribution in [0.15, 0.2) is 30.3 Å². The molecule has 1 saturated carbocycles. The van der Waals surface area contributed by atoms with Crippen LogP contribution < -0.4 is 10.1 Å². The zero-order chi connectivity index (χ0) is 14.8. The number of ether oxygens (including phenoxy) is 2. The molecule has 0 aromatic heterocycles. The van der Waals surface area contributed by atoms with Gasteiger partial charge in [-0.25, -0.2) is 0 Å². The van der Waals surface area contributed by atoms with Gasteiger partial charge in [0.25, 0.3) is 0 Å². The van der Waals surface area contributed by atoms with E-state index in [-0.39, 0.29) is 0 Å². The lowest BCUT2D eigenvalue weighted by Gasteiger charge is -2.23. The highest BCUT2D eigenvalue weighted by Crippen LogP contribution is 2.20. The Balaban J connectivity index is 1.46. The Morgan fingerprint density at radius 2 is 1.90 bits per heavy atom. The van der Waals surface area contributed by atoms with Crippen molar-refractivity contribution in [2.24, 2.45) is 0 Å². The molecule has 0 spiro atoms. The molecule has 1 aromatic rings. The van der Waals surface area contributed by atoms with Gasteiger partial charge in [-0.05, 0) is 25.0 Å². The van der Waals surface area contributed by atoms with Crippen molar-refractivity contribution < 1.29 is 14.6 Å². The number of benzene rings is 1. The summed E-state index contributed by atoms with van der Waals surface area (Å²) < 4.78 is 11.3. The van der Waals surface area contributed by atoms with Gasteiger partial charge in [0.05, 0.1) is 18.8 Å². The molecule has 1 fully saturated rings. The van der Waals surface area contributed by atoms with Crippen molar-refractivity contribution >= 4 is 0 Å². The third-order valence-corrected chi connectivity index (χ3v) is 3.75. The molecule has 2 N–H and O–H groups in total. The van der Waals surface area contributed by atoms with Crippen molar-refractivity contribution in [1.82, 2.24) is 5.32 Å². The van der Waals surface area contributed by atoms with Crippen molar-refractivity contribution in [2.45, 2.75) is 44.3 Å². The maximum atomic E-state index is 9.87. The number of hydrogen-bond acceptors (Lipinski definition) is 4. The highest BCUT2D eigenvalue weighted by Gasteiger charge is 2.15. The predicted molar refractivity (Wildman–Crippen MR) is 83.6 cm³/mol. The number of aliphatic hydroxyl groups excluding tert-OH is 1. The van der Waals surface area contributed by atoms with Crippen LogP contribution in [-0.2, 0) is 4.74 Å². The number of nitrogens with one attached hydrogen (secondary N) is 1. The monoisotopic (exact) mass is 293 g/mol. The van der Waals surface area contributed by atoms with Crippen LogP contribution >= 0.6 is 0 Å². The van der Waals surface area contributed by atoms with Crippen molar-refractivity contribution in [3.05, 3.63) is 30.3 Å². The van der Waals surface area contributed by atoms with E-state index in [2.05, 4.69) is 5.32 Å². The Bertz CT molecular complexity index is 366. The van der Waals surface area contributed by atoms with Crippen LogP contribution in [0.5, 0.6) is 5.75 Å². The first kappa shape index (κ1) is 16.3. The van der Waals surface area contributed by atoms with Gasteiger partial charge in [0.1, 0.15) is 12.4 Å². The Kier molecular flexibility index (Phi) is 7.57. The number of rotatable bonds is 9. The zero-order valence-electron chi connectivity index (χ0n) is 12.7. The van der Waals surface area contributed by atoms with Gasteiger partial charge in [-0.15, -0.1) is 0 Å². The molecule has 0 saturated heterocycles. The van der Waals surface area contributed by atoms with E-state index in [0.717, 1.165) is 25.1 Å². The molecule has 21 heavy (non-hydrogen) atoms. The molecule has 4 heteroatoms. The molecule has 0 heterocycles. The Labute approximate surface area is 127 Å². The quantitative estimate of drug-likeness (QED) is 0.686. The van der Waals surface area contributed by atoms with Crippen molar-refractivity contribution in [1.29, 1.82) is 0 Å². The zero-order valence-corrected chi connectivity index (χ0v) is 12.7. The first-order valence-corrected chi connectivity index (χ1v) is 8.03. The second-order valence-electron chi connectivity index (χ2n) is 5.61. The SMILES string of the molecule is OC(CNCCOc1ccccc1)COC1CCCCC1. The number of hydrogen-bond donors (Lipinski definition) is 2. The molecule has 4 nitrogen and oxygen atoms in total. The van der Waals surface area contributed by atoms with E-state index in [4.69, 9.17) is 9.47 Å². The molecular formula is C17H27NO3. The molecule has 1 unspecified atom stereocenters. The summed E-state index contributed by atoms with van der Waals surface area (Å²) in [7, 11) is 0. The normalized spacial score (nSPS) is 17.6. The van der Waals surface area contributed by atoms with Gasteiger partial charge in [-0.2, -0.15) is 0 Å². The maximum Gasteiger partial charge on any atom is 0.119 e. The minimum Gasteiger partial charge on any atom is -0.492 e. The van der Waals surface area contributed by atoms with Crippen LogP contribution in [0, 0.1) is 0 Å². The van der Waals surface area contributed by atoms with Gasteiger partial charge in [0, 0.05) is 13.1 Å². The minimum atomic E-state index is -0.441. The fourth-order valence-corrected chi connectivity index (χ4v) is 2.56. The lowest BCUT2D eigenvalue weighted by molar-refractivity contribution is -0.0230. The van der Waals surface area contributed by atoms with Crippen molar-refractivity contribution in [2.75, 3.05) is 26.3 Å². The van der Waals surface area contributed by atoms with E-state index in [1.165, 1.54) is 19.3 Å². The van der Waals surface area contributed by atoms with Gasteiger partial charge in [-0.3, -0.25) is 0 Å². The number of aliphatic hydroxyl groups is 1.